The Morgan fingerprint density at radius 3 is 2.81 bits per heavy atom. The van der Waals surface area contributed by atoms with Crippen LogP contribution < -0.4 is 11.1 Å². The predicted molar refractivity (Wildman–Crippen MR) is 64.0 cm³/mol. The molecule has 1 unspecified atom stereocenters. The number of nitrogens with two attached hydrogens (primary N) is 1. The molecule has 1 saturated carbocycles. The molecule has 0 aromatic rings. The first-order valence-electron chi connectivity index (χ1n) is 6.47. The number of likely N-dealkylation sites (tertiary alicyclic amines) is 1. The molecule has 2 aliphatic rings. The Kier molecular flexibility index (Phi) is 4.18. The number of carbonyl (C=O) groups excluding carboxylic acids is 1. The van der Waals surface area contributed by atoms with Gasteiger partial charge in [0, 0.05) is 13.1 Å². The third-order valence-electron chi connectivity index (χ3n) is 3.60. The lowest BCUT2D eigenvalue weighted by atomic mass is 10.1. The zero-order valence-electron chi connectivity index (χ0n) is 9.95. The normalized spacial score (nSPS) is 25.9. The molecule has 0 aromatic carbocycles. The fourth-order valence-corrected chi connectivity index (χ4v) is 2.37. The third-order valence-corrected chi connectivity index (χ3v) is 3.60. The van der Waals surface area contributed by atoms with Gasteiger partial charge in [0.1, 0.15) is 0 Å². The van der Waals surface area contributed by atoms with Gasteiger partial charge in [-0.3, -0.25) is 9.69 Å². The van der Waals surface area contributed by atoms with Gasteiger partial charge in [0.15, 0.2) is 0 Å². The van der Waals surface area contributed by atoms with Crippen LogP contribution in [0.1, 0.15) is 25.7 Å². The molecular weight excluding hydrogens is 202 g/mol. The van der Waals surface area contributed by atoms with E-state index in [-0.39, 0.29) is 5.91 Å². The van der Waals surface area contributed by atoms with Gasteiger partial charge in [-0.05, 0) is 50.6 Å². The standard InChI is InChI=1S/C12H23N3O/c13-5-3-11-4-6-15(8-11)9-12(16)14-7-10-1-2-10/h10-11H,1-9,13H2,(H,14,16). The number of hydrogen-bond acceptors (Lipinski definition) is 3. The summed E-state index contributed by atoms with van der Waals surface area (Å²) in [6.45, 7) is 4.34. The quantitative estimate of drug-likeness (QED) is 0.678. The first-order valence-corrected chi connectivity index (χ1v) is 6.47. The van der Waals surface area contributed by atoms with E-state index in [1.807, 2.05) is 0 Å². The van der Waals surface area contributed by atoms with Crippen molar-refractivity contribution in [3.8, 4) is 0 Å². The molecule has 1 saturated heterocycles. The Morgan fingerprint density at radius 2 is 2.12 bits per heavy atom. The van der Waals surface area contributed by atoms with Crippen molar-refractivity contribution < 1.29 is 4.79 Å². The minimum Gasteiger partial charge on any atom is -0.355 e. The van der Waals surface area contributed by atoms with E-state index < -0.39 is 0 Å². The number of nitrogens with zero attached hydrogens (tertiary/aromatic N) is 1. The van der Waals surface area contributed by atoms with Gasteiger partial charge in [0.2, 0.25) is 5.91 Å². The molecule has 0 aromatic heterocycles. The number of nitrogens with one attached hydrogen (secondary N) is 1. The second-order valence-corrected chi connectivity index (χ2v) is 5.21. The summed E-state index contributed by atoms with van der Waals surface area (Å²) in [6.07, 6.45) is 4.89. The van der Waals surface area contributed by atoms with Crippen LogP contribution in [-0.4, -0.2) is 43.5 Å². The molecule has 0 radical (unpaired) electrons. The van der Waals surface area contributed by atoms with Crippen molar-refractivity contribution in [1.82, 2.24) is 10.2 Å². The van der Waals surface area contributed by atoms with E-state index in [2.05, 4.69) is 10.2 Å². The van der Waals surface area contributed by atoms with Crippen LogP contribution in [0.25, 0.3) is 0 Å². The summed E-state index contributed by atoms with van der Waals surface area (Å²) in [7, 11) is 0. The first-order chi connectivity index (χ1) is 7.78. The molecule has 3 N–H and O–H groups in total. The summed E-state index contributed by atoms with van der Waals surface area (Å²) in [6, 6.07) is 0. The Labute approximate surface area is 97.6 Å². The van der Waals surface area contributed by atoms with Crippen molar-refractivity contribution >= 4 is 5.91 Å². The second-order valence-electron chi connectivity index (χ2n) is 5.21. The smallest absolute Gasteiger partial charge is 0.234 e. The highest BCUT2D eigenvalue weighted by Gasteiger charge is 2.25. The van der Waals surface area contributed by atoms with Gasteiger partial charge < -0.3 is 11.1 Å². The summed E-state index contributed by atoms with van der Waals surface area (Å²) in [5, 5.41) is 3.01. The van der Waals surface area contributed by atoms with Gasteiger partial charge in [-0.2, -0.15) is 0 Å². The van der Waals surface area contributed by atoms with Crippen LogP contribution in [0.3, 0.4) is 0 Å². The maximum absolute atomic E-state index is 11.6. The Balaban J connectivity index is 1.59. The topological polar surface area (TPSA) is 58.4 Å². The van der Waals surface area contributed by atoms with E-state index in [0.29, 0.717) is 12.5 Å². The maximum atomic E-state index is 11.6. The maximum Gasteiger partial charge on any atom is 0.234 e. The molecule has 92 valence electrons. The van der Waals surface area contributed by atoms with Crippen LogP contribution in [0, 0.1) is 11.8 Å². The molecule has 1 aliphatic heterocycles. The number of rotatable bonds is 6. The minimum absolute atomic E-state index is 0.195. The zero-order valence-corrected chi connectivity index (χ0v) is 9.95. The van der Waals surface area contributed by atoms with E-state index in [0.717, 1.165) is 38.5 Å². The van der Waals surface area contributed by atoms with Crippen LogP contribution >= 0.6 is 0 Å². The highest BCUT2D eigenvalue weighted by molar-refractivity contribution is 5.78. The SMILES string of the molecule is NCCC1CCN(CC(=O)NCC2CC2)C1. The minimum atomic E-state index is 0.195. The number of amides is 1. The average molecular weight is 225 g/mol. The van der Waals surface area contributed by atoms with Gasteiger partial charge in [-0.1, -0.05) is 0 Å². The summed E-state index contributed by atoms with van der Waals surface area (Å²) < 4.78 is 0. The first kappa shape index (κ1) is 11.9. The van der Waals surface area contributed by atoms with Crippen LogP contribution in [-0.2, 0) is 4.79 Å². The molecule has 1 aliphatic carbocycles. The van der Waals surface area contributed by atoms with E-state index in [9.17, 15) is 4.79 Å². The van der Waals surface area contributed by atoms with Crippen molar-refractivity contribution in [2.24, 2.45) is 17.6 Å². The fourth-order valence-electron chi connectivity index (χ4n) is 2.37. The molecule has 4 nitrogen and oxygen atoms in total. The summed E-state index contributed by atoms with van der Waals surface area (Å²) in [4.78, 5) is 13.9. The summed E-state index contributed by atoms with van der Waals surface area (Å²) in [5.74, 6) is 1.68. The van der Waals surface area contributed by atoms with E-state index >= 15 is 0 Å². The molecule has 1 atom stereocenters. The lowest BCUT2D eigenvalue weighted by molar-refractivity contribution is -0.122. The van der Waals surface area contributed by atoms with Crippen LogP contribution in [0.2, 0.25) is 0 Å². The van der Waals surface area contributed by atoms with Gasteiger partial charge in [-0.25, -0.2) is 0 Å². The monoisotopic (exact) mass is 225 g/mol. The number of carbonyl (C=O) groups is 1. The third kappa shape index (κ3) is 3.76. The molecule has 0 bridgehead atoms. The van der Waals surface area contributed by atoms with E-state index in [1.54, 1.807) is 0 Å². The Bertz CT molecular complexity index is 240. The predicted octanol–water partition coefficient (Wildman–Crippen LogP) is 0.183. The van der Waals surface area contributed by atoms with Crippen molar-refractivity contribution in [2.75, 3.05) is 32.7 Å². The molecule has 1 heterocycles. The van der Waals surface area contributed by atoms with Crippen molar-refractivity contribution in [2.45, 2.75) is 25.7 Å². The molecular formula is C12H23N3O. The molecule has 1 amide bonds. The summed E-state index contributed by atoms with van der Waals surface area (Å²) >= 11 is 0. The average Bonchev–Trinajstić information content (AvgIpc) is 2.99. The fraction of sp³-hybridized carbons (Fsp3) is 0.917. The van der Waals surface area contributed by atoms with Crippen LogP contribution in [0.5, 0.6) is 0 Å². The van der Waals surface area contributed by atoms with Crippen LogP contribution in [0.15, 0.2) is 0 Å². The Hall–Kier alpha value is -0.610. The second kappa shape index (κ2) is 5.64. The Morgan fingerprint density at radius 1 is 1.31 bits per heavy atom. The van der Waals surface area contributed by atoms with Gasteiger partial charge in [-0.15, -0.1) is 0 Å². The van der Waals surface area contributed by atoms with Gasteiger partial charge in [0.05, 0.1) is 6.54 Å². The van der Waals surface area contributed by atoms with E-state index in [1.165, 1.54) is 19.3 Å². The van der Waals surface area contributed by atoms with Crippen molar-refractivity contribution in [3.63, 3.8) is 0 Å². The lowest BCUT2D eigenvalue weighted by Gasteiger charge is -2.15. The lowest BCUT2D eigenvalue weighted by Crippen LogP contribution is -2.37. The van der Waals surface area contributed by atoms with Crippen LogP contribution in [0.4, 0.5) is 0 Å². The molecule has 2 fully saturated rings. The number of hydrogen-bond donors (Lipinski definition) is 2. The van der Waals surface area contributed by atoms with Gasteiger partial charge >= 0.3 is 0 Å². The zero-order chi connectivity index (χ0) is 11.4. The largest absolute Gasteiger partial charge is 0.355 e. The highest BCUT2D eigenvalue weighted by Crippen LogP contribution is 2.27. The molecule has 0 spiro atoms. The van der Waals surface area contributed by atoms with Crippen molar-refractivity contribution in [1.29, 1.82) is 0 Å². The molecule has 4 heteroatoms. The van der Waals surface area contributed by atoms with Crippen molar-refractivity contribution in [3.05, 3.63) is 0 Å². The van der Waals surface area contributed by atoms with E-state index in [4.69, 9.17) is 5.73 Å². The summed E-state index contributed by atoms with van der Waals surface area (Å²) in [5.41, 5.74) is 5.55. The molecule has 16 heavy (non-hydrogen) atoms. The van der Waals surface area contributed by atoms with Gasteiger partial charge in [0.25, 0.3) is 0 Å². The highest BCUT2D eigenvalue weighted by atomic mass is 16.2. The molecule has 2 rings (SSSR count).